The maximum Gasteiger partial charge on any atom is 0.125 e. The van der Waals surface area contributed by atoms with Crippen molar-refractivity contribution >= 4 is 17.3 Å². The van der Waals surface area contributed by atoms with Gasteiger partial charge in [0, 0.05) is 24.2 Å². The molecule has 1 nitrogen and oxygen atoms in total. The third-order valence-electron chi connectivity index (χ3n) is 3.76. The monoisotopic (exact) mass is 283 g/mol. The molecule has 1 aliphatic carbocycles. The molecule has 1 fully saturated rings. The van der Waals surface area contributed by atoms with Gasteiger partial charge in [0.25, 0.3) is 0 Å². The number of hydrogen-bond donors (Lipinski definition) is 0. The van der Waals surface area contributed by atoms with Crippen LogP contribution in [-0.4, -0.2) is 12.6 Å². The van der Waals surface area contributed by atoms with Crippen molar-refractivity contribution in [1.29, 1.82) is 0 Å². The second-order valence-electron chi connectivity index (χ2n) is 5.94. The first-order chi connectivity index (χ1) is 9.10. The summed E-state index contributed by atoms with van der Waals surface area (Å²) in [5.41, 5.74) is 1.86. The van der Waals surface area contributed by atoms with E-state index in [1.54, 1.807) is 6.07 Å². The van der Waals surface area contributed by atoms with Gasteiger partial charge in [-0.2, -0.15) is 0 Å². The number of hydrogen-bond acceptors (Lipinski definition) is 1. The van der Waals surface area contributed by atoms with E-state index < -0.39 is 0 Å². The quantitative estimate of drug-likeness (QED) is 0.690. The lowest BCUT2D eigenvalue weighted by Crippen LogP contribution is -2.36. The Morgan fingerprint density at radius 2 is 1.95 bits per heavy atom. The van der Waals surface area contributed by atoms with Crippen LogP contribution in [0.5, 0.6) is 0 Å². The standard InChI is InChI=1S/C16H23ClFN/c1-12(2)11-19(15-5-3-4-6-15)16-8-13(10-17)7-14(18)9-16/h7-9,12,15H,3-6,10-11H2,1-2H3. The summed E-state index contributed by atoms with van der Waals surface area (Å²) in [6.45, 7) is 5.41. The SMILES string of the molecule is CC(C)CN(c1cc(F)cc(CCl)c1)C1CCCC1. The molecule has 0 atom stereocenters. The van der Waals surface area contributed by atoms with Gasteiger partial charge < -0.3 is 4.90 Å². The van der Waals surface area contributed by atoms with Crippen LogP contribution in [0.1, 0.15) is 45.1 Å². The maximum atomic E-state index is 13.7. The molecule has 3 heteroatoms. The van der Waals surface area contributed by atoms with Gasteiger partial charge in [0.15, 0.2) is 0 Å². The topological polar surface area (TPSA) is 3.24 Å². The normalized spacial score (nSPS) is 16.3. The Morgan fingerprint density at radius 3 is 2.53 bits per heavy atom. The molecule has 19 heavy (non-hydrogen) atoms. The molecule has 0 amide bonds. The Kier molecular flexibility index (Phi) is 5.09. The smallest absolute Gasteiger partial charge is 0.125 e. The van der Waals surface area contributed by atoms with Gasteiger partial charge >= 0.3 is 0 Å². The van der Waals surface area contributed by atoms with Crippen LogP contribution >= 0.6 is 11.6 Å². The summed E-state index contributed by atoms with van der Waals surface area (Å²) in [4.78, 5) is 2.39. The van der Waals surface area contributed by atoms with Gasteiger partial charge in [-0.25, -0.2) is 4.39 Å². The molecule has 0 heterocycles. The fourth-order valence-corrected chi connectivity index (χ4v) is 3.11. The Balaban J connectivity index is 2.28. The van der Waals surface area contributed by atoms with Crippen molar-refractivity contribution in [2.24, 2.45) is 5.92 Å². The Morgan fingerprint density at radius 1 is 1.26 bits per heavy atom. The zero-order valence-corrected chi connectivity index (χ0v) is 12.6. The third-order valence-corrected chi connectivity index (χ3v) is 4.06. The molecule has 0 aliphatic heterocycles. The first-order valence-corrected chi connectivity index (χ1v) is 7.75. The molecule has 1 aliphatic rings. The minimum absolute atomic E-state index is 0.181. The zero-order valence-electron chi connectivity index (χ0n) is 11.8. The fourth-order valence-electron chi connectivity index (χ4n) is 2.95. The van der Waals surface area contributed by atoms with Crippen LogP contribution in [0.2, 0.25) is 0 Å². The summed E-state index contributed by atoms with van der Waals surface area (Å²) < 4.78 is 13.7. The van der Waals surface area contributed by atoms with Gasteiger partial charge in [-0.15, -0.1) is 11.6 Å². The van der Waals surface area contributed by atoms with E-state index in [0.717, 1.165) is 17.8 Å². The molecule has 106 valence electrons. The summed E-state index contributed by atoms with van der Waals surface area (Å²) in [5, 5.41) is 0. The second kappa shape index (κ2) is 6.60. The summed E-state index contributed by atoms with van der Waals surface area (Å²) >= 11 is 5.86. The van der Waals surface area contributed by atoms with Gasteiger partial charge in [0.1, 0.15) is 5.82 Å². The molecule has 1 saturated carbocycles. The van der Waals surface area contributed by atoms with Crippen LogP contribution in [0.3, 0.4) is 0 Å². The van der Waals surface area contributed by atoms with Crippen LogP contribution in [0, 0.1) is 11.7 Å². The lowest BCUT2D eigenvalue weighted by molar-refractivity contribution is 0.533. The lowest BCUT2D eigenvalue weighted by Gasteiger charge is -2.33. The van der Waals surface area contributed by atoms with E-state index in [0.29, 0.717) is 17.8 Å². The third kappa shape index (κ3) is 3.85. The minimum Gasteiger partial charge on any atom is -0.368 e. The fraction of sp³-hybridized carbons (Fsp3) is 0.625. The highest BCUT2D eigenvalue weighted by atomic mass is 35.5. The molecule has 0 N–H and O–H groups in total. The van der Waals surface area contributed by atoms with Gasteiger partial charge in [0.2, 0.25) is 0 Å². The van der Waals surface area contributed by atoms with Gasteiger partial charge in [0.05, 0.1) is 0 Å². The average molecular weight is 284 g/mol. The Hall–Kier alpha value is -0.760. The number of rotatable bonds is 5. The lowest BCUT2D eigenvalue weighted by atomic mass is 10.1. The molecule has 0 unspecified atom stereocenters. The van der Waals surface area contributed by atoms with Crippen molar-refractivity contribution in [2.75, 3.05) is 11.4 Å². The van der Waals surface area contributed by atoms with E-state index in [-0.39, 0.29) is 5.82 Å². The van der Waals surface area contributed by atoms with Crippen molar-refractivity contribution in [3.8, 4) is 0 Å². The van der Waals surface area contributed by atoms with Crippen molar-refractivity contribution in [1.82, 2.24) is 0 Å². The highest BCUT2D eigenvalue weighted by Gasteiger charge is 2.24. The average Bonchev–Trinajstić information content (AvgIpc) is 2.88. The van der Waals surface area contributed by atoms with E-state index in [9.17, 15) is 4.39 Å². The first kappa shape index (κ1) is 14.6. The van der Waals surface area contributed by atoms with Gasteiger partial charge in [-0.1, -0.05) is 26.7 Å². The zero-order chi connectivity index (χ0) is 13.8. The van der Waals surface area contributed by atoms with Crippen molar-refractivity contribution in [3.63, 3.8) is 0 Å². The van der Waals surface area contributed by atoms with Gasteiger partial charge in [-0.05, 0) is 42.5 Å². The predicted octanol–water partition coefficient (Wildman–Crippen LogP) is 4.97. The van der Waals surface area contributed by atoms with E-state index in [1.165, 1.54) is 31.7 Å². The van der Waals surface area contributed by atoms with Crippen molar-refractivity contribution < 1.29 is 4.39 Å². The number of anilines is 1. The van der Waals surface area contributed by atoms with Crippen molar-refractivity contribution in [2.45, 2.75) is 51.5 Å². The van der Waals surface area contributed by atoms with E-state index in [1.807, 2.05) is 6.07 Å². The molecular formula is C16H23ClFN. The maximum absolute atomic E-state index is 13.7. The summed E-state index contributed by atoms with van der Waals surface area (Å²) in [6.07, 6.45) is 5.02. The van der Waals surface area contributed by atoms with E-state index >= 15 is 0 Å². The molecule has 0 bridgehead atoms. The minimum atomic E-state index is -0.181. The van der Waals surface area contributed by atoms with Crippen LogP contribution in [-0.2, 0) is 5.88 Å². The van der Waals surface area contributed by atoms with E-state index in [4.69, 9.17) is 11.6 Å². The molecule has 2 rings (SSSR count). The number of alkyl halides is 1. The largest absolute Gasteiger partial charge is 0.368 e. The highest BCUT2D eigenvalue weighted by Crippen LogP contribution is 2.30. The first-order valence-electron chi connectivity index (χ1n) is 7.22. The van der Waals surface area contributed by atoms with Crippen LogP contribution in [0.4, 0.5) is 10.1 Å². The van der Waals surface area contributed by atoms with Gasteiger partial charge in [-0.3, -0.25) is 0 Å². The van der Waals surface area contributed by atoms with Crippen molar-refractivity contribution in [3.05, 3.63) is 29.6 Å². The van der Waals surface area contributed by atoms with Crippen LogP contribution < -0.4 is 4.90 Å². The summed E-state index contributed by atoms with van der Waals surface area (Å²) in [7, 11) is 0. The highest BCUT2D eigenvalue weighted by molar-refractivity contribution is 6.17. The molecule has 0 aromatic heterocycles. The van der Waals surface area contributed by atoms with Crippen LogP contribution in [0.25, 0.3) is 0 Å². The molecule has 0 saturated heterocycles. The number of benzene rings is 1. The molecular weight excluding hydrogens is 261 g/mol. The Labute approximate surface area is 120 Å². The summed E-state index contributed by atoms with van der Waals surface area (Å²) in [5.74, 6) is 0.758. The molecule has 0 radical (unpaired) electrons. The van der Waals surface area contributed by atoms with Crippen LogP contribution in [0.15, 0.2) is 18.2 Å². The van der Waals surface area contributed by atoms with E-state index in [2.05, 4.69) is 18.7 Å². The second-order valence-corrected chi connectivity index (χ2v) is 6.20. The molecule has 1 aromatic carbocycles. The number of halogens is 2. The summed E-state index contributed by atoms with van der Waals surface area (Å²) in [6, 6.07) is 5.78. The number of nitrogens with zero attached hydrogens (tertiary/aromatic N) is 1. The molecule has 0 spiro atoms. The molecule has 1 aromatic rings. The predicted molar refractivity (Wildman–Crippen MR) is 80.4 cm³/mol. The Bertz CT molecular complexity index is 413.